The lowest BCUT2D eigenvalue weighted by atomic mass is 10.1. The van der Waals surface area contributed by atoms with Crippen LogP contribution in [0.25, 0.3) is 0 Å². The fraction of sp³-hybridized carbons (Fsp3) is 0.769. The molecule has 1 aliphatic heterocycles. The minimum atomic E-state index is 0.303. The molecule has 0 aliphatic carbocycles. The Bertz CT molecular complexity index is 380. The van der Waals surface area contributed by atoms with Crippen LogP contribution in [0.15, 0.2) is 12.4 Å². The van der Waals surface area contributed by atoms with Gasteiger partial charge in [-0.05, 0) is 18.4 Å². The molecule has 4 atom stereocenters. The molecule has 0 spiro atoms. The van der Waals surface area contributed by atoms with Gasteiger partial charge in [0, 0.05) is 40.8 Å². The van der Waals surface area contributed by atoms with Crippen LogP contribution < -0.4 is 5.73 Å². The van der Waals surface area contributed by atoms with Crippen LogP contribution in [0.2, 0.25) is 0 Å². The van der Waals surface area contributed by atoms with Crippen molar-refractivity contribution < 1.29 is 0 Å². The molecule has 2 rings (SSSR count). The van der Waals surface area contributed by atoms with Crippen molar-refractivity contribution in [2.24, 2.45) is 12.8 Å². The van der Waals surface area contributed by atoms with Crippen molar-refractivity contribution >= 4 is 23.5 Å². The quantitative estimate of drug-likeness (QED) is 0.922. The smallest absolute Gasteiger partial charge is 0.0521 e. The van der Waals surface area contributed by atoms with Gasteiger partial charge in [0.2, 0.25) is 0 Å². The fourth-order valence-corrected chi connectivity index (χ4v) is 5.25. The van der Waals surface area contributed by atoms with Crippen LogP contribution in [0, 0.1) is 0 Å². The second-order valence-corrected chi connectivity index (χ2v) is 8.17. The van der Waals surface area contributed by atoms with E-state index in [2.05, 4.69) is 48.7 Å². The van der Waals surface area contributed by atoms with Gasteiger partial charge in [0.05, 0.1) is 6.20 Å². The van der Waals surface area contributed by atoms with E-state index < -0.39 is 0 Å². The second-order valence-electron chi connectivity index (χ2n) is 5.14. The van der Waals surface area contributed by atoms with Gasteiger partial charge in [-0.3, -0.25) is 4.68 Å². The number of thioether (sulfide) groups is 2. The molecule has 18 heavy (non-hydrogen) atoms. The summed E-state index contributed by atoms with van der Waals surface area (Å²) in [6.45, 7) is 4.64. The molecule has 2 N–H and O–H groups in total. The molecule has 1 aromatic rings. The molecule has 4 unspecified atom stereocenters. The summed E-state index contributed by atoms with van der Waals surface area (Å²) < 4.78 is 1.86. The number of hydrogen-bond donors (Lipinski definition) is 1. The molecule has 3 nitrogen and oxygen atoms in total. The van der Waals surface area contributed by atoms with Crippen LogP contribution in [0.5, 0.6) is 0 Å². The van der Waals surface area contributed by atoms with Crippen molar-refractivity contribution in [1.29, 1.82) is 0 Å². The lowest BCUT2D eigenvalue weighted by molar-refractivity contribution is 0.606. The lowest BCUT2D eigenvalue weighted by Crippen LogP contribution is -2.40. The third-order valence-electron chi connectivity index (χ3n) is 3.58. The molecule has 0 saturated carbocycles. The fourth-order valence-electron chi connectivity index (χ4n) is 2.15. The van der Waals surface area contributed by atoms with Gasteiger partial charge in [-0.15, -0.1) is 0 Å². The van der Waals surface area contributed by atoms with Crippen LogP contribution in [0.3, 0.4) is 0 Å². The average Bonchev–Trinajstić information content (AvgIpc) is 2.75. The molecule has 0 aromatic carbocycles. The van der Waals surface area contributed by atoms with Crippen LogP contribution >= 0.6 is 23.5 Å². The second kappa shape index (κ2) is 6.35. The SMILES string of the molecule is CC1SCC(C(N)CCc2cnn(C)c2)SC1C. The van der Waals surface area contributed by atoms with Gasteiger partial charge in [-0.2, -0.15) is 28.6 Å². The van der Waals surface area contributed by atoms with E-state index in [0.717, 1.165) is 23.3 Å². The number of rotatable bonds is 4. The maximum absolute atomic E-state index is 6.35. The summed E-state index contributed by atoms with van der Waals surface area (Å²) in [5.74, 6) is 1.20. The van der Waals surface area contributed by atoms with Crippen LogP contribution in [0.1, 0.15) is 25.8 Å². The molecule has 1 fully saturated rings. The molecule has 0 bridgehead atoms. The molecule has 1 aromatic heterocycles. The Morgan fingerprint density at radius 3 is 2.89 bits per heavy atom. The molecule has 2 heterocycles. The van der Waals surface area contributed by atoms with E-state index in [9.17, 15) is 0 Å². The summed E-state index contributed by atoms with van der Waals surface area (Å²) in [6, 6.07) is 0.303. The Morgan fingerprint density at radius 1 is 1.50 bits per heavy atom. The van der Waals surface area contributed by atoms with E-state index in [4.69, 9.17) is 5.73 Å². The van der Waals surface area contributed by atoms with Crippen molar-refractivity contribution in [3.63, 3.8) is 0 Å². The summed E-state index contributed by atoms with van der Waals surface area (Å²) in [6.07, 6.45) is 6.13. The largest absolute Gasteiger partial charge is 0.327 e. The van der Waals surface area contributed by atoms with Gasteiger partial charge in [0.15, 0.2) is 0 Å². The van der Waals surface area contributed by atoms with Crippen LogP contribution in [-0.4, -0.2) is 37.3 Å². The van der Waals surface area contributed by atoms with Gasteiger partial charge < -0.3 is 5.73 Å². The first-order valence-corrected chi connectivity index (χ1v) is 8.55. The number of aryl methyl sites for hydroxylation is 2. The van der Waals surface area contributed by atoms with E-state index in [0.29, 0.717) is 11.3 Å². The highest BCUT2D eigenvalue weighted by Crippen LogP contribution is 2.37. The summed E-state index contributed by atoms with van der Waals surface area (Å²) in [7, 11) is 1.96. The lowest BCUT2D eigenvalue weighted by Gasteiger charge is -2.34. The first-order valence-electron chi connectivity index (χ1n) is 6.56. The molecule has 102 valence electrons. The Kier molecular flexibility index (Phi) is 5.04. The van der Waals surface area contributed by atoms with Crippen LogP contribution in [-0.2, 0) is 13.5 Å². The molecule has 1 saturated heterocycles. The molecule has 0 radical (unpaired) electrons. The predicted molar refractivity (Wildman–Crippen MR) is 82.3 cm³/mol. The Balaban J connectivity index is 1.79. The zero-order valence-electron chi connectivity index (χ0n) is 11.4. The van der Waals surface area contributed by atoms with E-state index >= 15 is 0 Å². The van der Waals surface area contributed by atoms with Gasteiger partial charge in [0.1, 0.15) is 0 Å². The average molecular weight is 285 g/mol. The first-order chi connectivity index (χ1) is 8.56. The number of hydrogen-bond acceptors (Lipinski definition) is 4. The van der Waals surface area contributed by atoms with E-state index in [-0.39, 0.29) is 0 Å². The maximum atomic E-state index is 6.35. The maximum Gasteiger partial charge on any atom is 0.0521 e. The van der Waals surface area contributed by atoms with Crippen molar-refractivity contribution in [2.75, 3.05) is 5.75 Å². The molecule has 0 amide bonds. The topological polar surface area (TPSA) is 43.8 Å². The highest BCUT2D eigenvalue weighted by molar-refractivity contribution is 8.07. The zero-order chi connectivity index (χ0) is 13.1. The van der Waals surface area contributed by atoms with Crippen LogP contribution in [0.4, 0.5) is 0 Å². The molecule has 1 aliphatic rings. The monoisotopic (exact) mass is 285 g/mol. The number of aromatic nitrogens is 2. The normalized spacial score (nSPS) is 30.3. The number of nitrogens with two attached hydrogens (primary N) is 1. The third-order valence-corrected chi connectivity index (χ3v) is 7.15. The zero-order valence-corrected chi connectivity index (χ0v) is 13.0. The van der Waals surface area contributed by atoms with Gasteiger partial charge in [-0.1, -0.05) is 13.8 Å². The summed E-state index contributed by atoms with van der Waals surface area (Å²) >= 11 is 4.15. The minimum absolute atomic E-state index is 0.303. The van der Waals surface area contributed by atoms with E-state index in [1.54, 1.807) is 0 Å². The van der Waals surface area contributed by atoms with Crippen molar-refractivity contribution in [3.8, 4) is 0 Å². The summed E-state index contributed by atoms with van der Waals surface area (Å²) in [5.41, 5.74) is 7.64. The Hall–Kier alpha value is -0.130. The van der Waals surface area contributed by atoms with Gasteiger partial charge in [0.25, 0.3) is 0 Å². The molecule has 5 heteroatoms. The minimum Gasteiger partial charge on any atom is -0.327 e. The highest BCUT2D eigenvalue weighted by Gasteiger charge is 2.29. The van der Waals surface area contributed by atoms with Crippen molar-refractivity contribution in [2.45, 2.75) is 48.5 Å². The van der Waals surface area contributed by atoms with Crippen molar-refractivity contribution in [3.05, 3.63) is 18.0 Å². The standard InChI is InChI=1S/C13H23N3S2/c1-9-10(2)18-13(8-17-9)12(14)5-4-11-6-15-16(3)7-11/h6-7,9-10,12-13H,4-5,8,14H2,1-3H3. The summed E-state index contributed by atoms with van der Waals surface area (Å²) in [4.78, 5) is 0. The predicted octanol–water partition coefficient (Wildman–Crippen LogP) is 2.31. The Labute approximate surface area is 118 Å². The van der Waals surface area contributed by atoms with E-state index in [1.165, 1.54) is 11.3 Å². The number of nitrogens with zero attached hydrogens (tertiary/aromatic N) is 2. The van der Waals surface area contributed by atoms with Gasteiger partial charge >= 0.3 is 0 Å². The van der Waals surface area contributed by atoms with E-state index in [1.807, 2.05) is 17.9 Å². The summed E-state index contributed by atoms with van der Waals surface area (Å²) in [5, 5.41) is 6.29. The first kappa shape index (κ1) is 14.3. The molecular formula is C13H23N3S2. The van der Waals surface area contributed by atoms with Gasteiger partial charge in [-0.25, -0.2) is 0 Å². The third kappa shape index (κ3) is 3.68. The molecular weight excluding hydrogens is 262 g/mol. The Morgan fingerprint density at radius 2 is 2.28 bits per heavy atom. The highest BCUT2D eigenvalue weighted by atomic mass is 32.2. The van der Waals surface area contributed by atoms with Crippen molar-refractivity contribution in [1.82, 2.24) is 9.78 Å².